The quantitative estimate of drug-likeness (QED) is 0.878. The first-order chi connectivity index (χ1) is 7.36. The van der Waals surface area contributed by atoms with E-state index in [0.29, 0.717) is 0 Å². The van der Waals surface area contributed by atoms with Crippen LogP contribution in [0.5, 0.6) is 0 Å². The third-order valence-corrected chi connectivity index (χ3v) is 3.28. The molecule has 0 bridgehead atoms. The minimum absolute atomic E-state index is 0.989. The van der Waals surface area contributed by atoms with Gasteiger partial charge >= 0.3 is 0 Å². The highest BCUT2D eigenvalue weighted by atomic mass is 79.9. The molecule has 1 saturated heterocycles. The Morgan fingerprint density at radius 2 is 2.20 bits per heavy atom. The summed E-state index contributed by atoms with van der Waals surface area (Å²) in [6, 6.07) is 0. The summed E-state index contributed by atoms with van der Waals surface area (Å²) in [4.78, 5) is 10.7. The number of rotatable bonds is 3. The molecule has 4 nitrogen and oxygen atoms in total. The molecule has 2 heterocycles. The van der Waals surface area contributed by atoms with Crippen molar-refractivity contribution in [2.75, 3.05) is 32.7 Å². The highest BCUT2D eigenvalue weighted by molar-refractivity contribution is 9.10. The summed E-state index contributed by atoms with van der Waals surface area (Å²) < 4.78 is 1.01. The van der Waals surface area contributed by atoms with Crippen LogP contribution < -0.4 is 5.32 Å². The molecule has 1 N–H and O–H groups in total. The lowest BCUT2D eigenvalue weighted by Gasteiger charge is -2.26. The van der Waals surface area contributed by atoms with Crippen LogP contribution in [0.3, 0.4) is 0 Å². The van der Waals surface area contributed by atoms with Crippen LogP contribution in [0.15, 0.2) is 17.0 Å². The molecule has 0 aliphatic carbocycles. The second kappa shape index (κ2) is 5.53. The maximum absolute atomic E-state index is 4.26. The Kier molecular flexibility index (Phi) is 4.05. The topological polar surface area (TPSA) is 41.1 Å². The summed E-state index contributed by atoms with van der Waals surface area (Å²) in [5, 5.41) is 3.35. The second-order valence-electron chi connectivity index (χ2n) is 3.66. The van der Waals surface area contributed by atoms with Crippen LogP contribution in [0.2, 0.25) is 0 Å². The van der Waals surface area contributed by atoms with E-state index in [1.54, 1.807) is 12.5 Å². The molecule has 1 aliphatic heterocycles. The molecular weight excluding hydrogens is 256 g/mol. The van der Waals surface area contributed by atoms with Crippen molar-refractivity contribution in [1.82, 2.24) is 20.2 Å². The smallest absolute Gasteiger partial charge is 0.115 e. The molecule has 2 rings (SSSR count). The zero-order valence-electron chi connectivity index (χ0n) is 8.62. The van der Waals surface area contributed by atoms with Gasteiger partial charge in [-0.25, -0.2) is 9.97 Å². The van der Waals surface area contributed by atoms with E-state index in [9.17, 15) is 0 Å². The predicted molar refractivity (Wildman–Crippen MR) is 62.7 cm³/mol. The maximum Gasteiger partial charge on any atom is 0.115 e. The number of nitrogens with one attached hydrogen (secondary N) is 1. The molecule has 1 aromatic rings. The lowest BCUT2D eigenvalue weighted by molar-refractivity contribution is 0.243. The zero-order chi connectivity index (χ0) is 10.5. The maximum atomic E-state index is 4.26. The van der Waals surface area contributed by atoms with Gasteiger partial charge in [-0.3, -0.25) is 0 Å². The van der Waals surface area contributed by atoms with Crippen molar-refractivity contribution in [2.24, 2.45) is 0 Å². The van der Waals surface area contributed by atoms with Gasteiger partial charge in [-0.05, 0) is 15.9 Å². The zero-order valence-corrected chi connectivity index (χ0v) is 10.2. The largest absolute Gasteiger partial charge is 0.314 e. The van der Waals surface area contributed by atoms with Crippen LogP contribution in [0.25, 0.3) is 0 Å². The van der Waals surface area contributed by atoms with E-state index in [4.69, 9.17) is 0 Å². The Hall–Kier alpha value is -0.520. The summed E-state index contributed by atoms with van der Waals surface area (Å²) >= 11 is 3.47. The Bertz CT molecular complexity index is 312. The van der Waals surface area contributed by atoms with Crippen molar-refractivity contribution >= 4 is 15.9 Å². The van der Waals surface area contributed by atoms with Gasteiger partial charge in [0.2, 0.25) is 0 Å². The molecule has 0 saturated carbocycles. The molecule has 1 fully saturated rings. The summed E-state index contributed by atoms with van der Waals surface area (Å²) in [5.41, 5.74) is 1.10. The van der Waals surface area contributed by atoms with Crippen molar-refractivity contribution in [3.8, 4) is 0 Å². The van der Waals surface area contributed by atoms with Crippen molar-refractivity contribution in [1.29, 1.82) is 0 Å². The lowest BCUT2D eigenvalue weighted by atomic mass is 10.2. The highest BCUT2D eigenvalue weighted by Crippen LogP contribution is 2.12. The monoisotopic (exact) mass is 270 g/mol. The Labute approximate surface area is 98.2 Å². The Morgan fingerprint density at radius 3 is 2.93 bits per heavy atom. The van der Waals surface area contributed by atoms with Crippen molar-refractivity contribution in [2.45, 2.75) is 6.42 Å². The van der Waals surface area contributed by atoms with Gasteiger partial charge in [0.05, 0.1) is 10.2 Å². The molecule has 5 heteroatoms. The minimum Gasteiger partial charge on any atom is -0.314 e. The van der Waals surface area contributed by atoms with E-state index in [0.717, 1.165) is 49.3 Å². The molecule has 82 valence electrons. The fourth-order valence-corrected chi connectivity index (χ4v) is 2.14. The van der Waals surface area contributed by atoms with Gasteiger partial charge in [0.1, 0.15) is 6.33 Å². The number of hydrogen-bond acceptors (Lipinski definition) is 4. The average molecular weight is 271 g/mol. The first-order valence-electron chi connectivity index (χ1n) is 5.24. The van der Waals surface area contributed by atoms with E-state index in [1.165, 1.54) is 0 Å². The fourth-order valence-electron chi connectivity index (χ4n) is 1.72. The van der Waals surface area contributed by atoms with Crippen LogP contribution in [0.1, 0.15) is 5.69 Å². The van der Waals surface area contributed by atoms with E-state index in [1.807, 2.05) is 0 Å². The first-order valence-corrected chi connectivity index (χ1v) is 6.03. The number of halogens is 1. The number of hydrogen-bond donors (Lipinski definition) is 1. The summed E-state index contributed by atoms with van der Waals surface area (Å²) in [6.07, 6.45) is 4.40. The van der Waals surface area contributed by atoms with E-state index in [2.05, 4.69) is 36.1 Å². The molecule has 1 aromatic heterocycles. The van der Waals surface area contributed by atoms with E-state index in [-0.39, 0.29) is 0 Å². The standard InChI is InChI=1S/C10H15BrN4/c11-9-7-13-8-14-10(9)1-4-15-5-2-12-3-6-15/h7-8,12H,1-6H2. The molecule has 15 heavy (non-hydrogen) atoms. The molecule has 0 unspecified atom stereocenters. The van der Waals surface area contributed by atoms with Crippen molar-refractivity contribution in [3.05, 3.63) is 22.7 Å². The second-order valence-corrected chi connectivity index (χ2v) is 4.51. The van der Waals surface area contributed by atoms with Crippen LogP contribution in [-0.2, 0) is 6.42 Å². The molecule has 1 aliphatic rings. The van der Waals surface area contributed by atoms with Gasteiger partial charge in [-0.2, -0.15) is 0 Å². The minimum atomic E-state index is 0.989. The number of piperazine rings is 1. The van der Waals surface area contributed by atoms with Gasteiger partial charge in [0.15, 0.2) is 0 Å². The van der Waals surface area contributed by atoms with Crippen LogP contribution in [-0.4, -0.2) is 47.6 Å². The summed E-state index contributed by atoms with van der Waals surface area (Å²) in [5.74, 6) is 0. The van der Waals surface area contributed by atoms with Crippen LogP contribution >= 0.6 is 15.9 Å². The summed E-state index contributed by atoms with van der Waals surface area (Å²) in [7, 11) is 0. The first kappa shape index (κ1) is 11.0. The van der Waals surface area contributed by atoms with Gasteiger partial charge in [0.25, 0.3) is 0 Å². The van der Waals surface area contributed by atoms with Crippen molar-refractivity contribution in [3.63, 3.8) is 0 Å². The highest BCUT2D eigenvalue weighted by Gasteiger charge is 2.10. The molecule has 0 spiro atoms. The molecule has 0 atom stereocenters. The SMILES string of the molecule is Brc1cncnc1CCN1CCNCC1. The predicted octanol–water partition coefficient (Wildman–Crippen LogP) is 0.687. The molecular formula is C10H15BrN4. The van der Waals surface area contributed by atoms with Crippen molar-refractivity contribution < 1.29 is 0 Å². The van der Waals surface area contributed by atoms with Gasteiger partial charge in [-0.15, -0.1) is 0 Å². The van der Waals surface area contributed by atoms with Gasteiger partial charge < -0.3 is 10.2 Å². The van der Waals surface area contributed by atoms with E-state index >= 15 is 0 Å². The lowest BCUT2D eigenvalue weighted by Crippen LogP contribution is -2.44. The molecule has 0 aromatic carbocycles. The normalized spacial score (nSPS) is 17.9. The fraction of sp³-hybridized carbons (Fsp3) is 0.600. The Balaban J connectivity index is 1.84. The average Bonchev–Trinajstić information content (AvgIpc) is 2.29. The number of aromatic nitrogens is 2. The van der Waals surface area contributed by atoms with Gasteiger partial charge in [0, 0.05) is 45.3 Å². The molecule has 0 amide bonds. The van der Waals surface area contributed by atoms with Crippen LogP contribution in [0, 0.1) is 0 Å². The van der Waals surface area contributed by atoms with E-state index < -0.39 is 0 Å². The molecule has 0 radical (unpaired) electrons. The van der Waals surface area contributed by atoms with Gasteiger partial charge in [-0.1, -0.05) is 0 Å². The Morgan fingerprint density at radius 1 is 1.40 bits per heavy atom. The van der Waals surface area contributed by atoms with Crippen LogP contribution in [0.4, 0.5) is 0 Å². The third-order valence-electron chi connectivity index (χ3n) is 2.62. The third kappa shape index (κ3) is 3.22. The number of nitrogens with zero attached hydrogens (tertiary/aromatic N) is 3. The summed E-state index contributed by atoms with van der Waals surface area (Å²) in [6.45, 7) is 5.57.